The summed E-state index contributed by atoms with van der Waals surface area (Å²) in [7, 11) is 0. The van der Waals surface area contributed by atoms with E-state index in [4.69, 9.17) is 0 Å². The first-order valence-corrected chi connectivity index (χ1v) is 6.09. The van der Waals surface area contributed by atoms with Gasteiger partial charge in [-0.15, -0.1) is 0 Å². The lowest BCUT2D eigenvalue weighted by atomic mass is 10.2. The van der Waals surface area contributed by atoms with E-state index in [1.807, 2.05) is 0 Å². The van der Waals surface area contributed by atoms with Crippen molar-refractivity contribution in [1.82, 2.24) is 14.9 Å². The molecule has 1 saturated heterocycles. The number of carbonyl (C=O) groups is 2. The Labute approximate surface area is 100 Å². The molecule has 5 nitrogen and oxygen atoms in total. The first-order valence-electron chi connectivity index (χ1n) is 6.09. The molecule has 2 amide bonds. The quantitative estimate of drug-likeness (QED) is 0.799. The second-order valence-corrected chi connectivity index (χ2v) is 4.29. The fourth-order valence-electron chi connectivity index (χ4n) is 2.05. The van der Waals surface area contributed by atoms with Gasteiger partial charge in [-0.2, -0.15) is 0 Å². The van der Waals surface area contributed by atoms with Crippen molar-refractivity contribution in [1.29, 1.82) is 0 Å². The fourth-order valence-corrected chi connectivity index (χ4v) is 2.05. The number of aromatic nitrogens is 2. The smallest absolute Gasteiger partial charge is 0.229 e. The normalized spacial score (nSPS) is 17.3. The molecule has 0 aliphatic carbocycles. The lowest BCUT2D eigenvalue weighted by Crippen LogP contribution is -2.36. The highest BCUT2D eigenvalue weighted by atomic mass is 16.2. The highest BCUT2D eigenvalue weighted by molar-refractivity contribution is 5.95. The lowest BCUT2D eigenvalue weighted by molar-refractivity contribution is -0.143. The van der Waals surface area contributed by atoms with Crippen molar-refractivity contribution in [2.24, 2.45) is 0 Å². The van der Waals surface area contributed by atoms with Crippen LogP contribution < -0.4 is 0 Å². The summed E-state index contributed by atoms with van der Waals surface area (Å²) in [6, 6.07) is 0. The number of hydrogen-bond acceptors (Lipinski definition) is 3. The summed E-state index contributed by atoms with van der Waals surface area (Å²) >= 11 is 0. The molecule has 0 bridgehead atoms. The van der Waals surface area contributed by atoms with Crippen LogP contribution in [0.2, 0.25) is 0 Å². The molecule has 0 saturated carbocycles. The zero-order valence-corrected chi connectivity index (χ0v) is 9.82. The summed E-state index contributed by atoms with van der Waals surface area (Å²) in [6.07, 6.45) is 7.70. The third-order valence-electron chi connectivity index (χ3n) is 2.98. The van der Waals surface area contributed by atoms with Crippen molar-refractivity contribution >= 4 is 11.8 Å². The number of nitrogens with one attached hydrogen (secondary N) is 1. The number of H-pyrrole nitrogens is 1. The predicted molar refractivity (Wildman–Crippen MR) is 62.1 cm³/mol. The number of aryl methyl sites for hydroxylation is 1. The van der Waals surface area contributed by atoms with Gasteiger partial charge in [0.15, 0.2) is 0 Å². The van der Waals surface area contributed by atoms with Crippen LogP contribution in [-0.2, 0) is 16.0 Å². The molecule has 92 valence electrons. The number of aromatic amines is 1. The number of amides is 2. The maximum atomic E-state index is 11.7. The van der Waals surface area contributed by atoms with Gasteiger partial charge in [0.25, 0.3) is 0 Å². The molecule has 17 heavy (non-hydrogen) atoms. The van der Waals surface area contributed by atoms with Gasteiger partial charge in [0, 0.05) is 38.2 Å². The van der Waals surface area contributed by atoms with Crippen molar-refractivity contribution in [3.05, 3.63) is 18.2 Å². The SMILES string of the molecule is O=C1CCCCC(=O)N1CCCc1ncc[nH]1. The van der Waals surface area contributed by atoms with Gasteiger partial charge in [-0.05, 0) is 19.3 Å². The van der Waals surface area contributed by atoms with E-state index in [1.165, 1.54) is 4.90 Å². The maximum absolute atomic E-state index is 11.7. The molecule has 1 aliphatic rings. The molecule has 1 fully saturated rings. The number of rotatable bonds is 4. The van der Waals surface area contributed by atoms with E-state index in [0.29, 0.717) is 19.4 Å². The van der Waals surface area contributed by atoms with Crippen LogP contribution in [0.5, 0.6) is 0 Å². The average molecular weight is 235 g/mol. The Morgan fingerprint density at radius 1 is 1.24 bits per heavy atom. The van der Waals surface area contributed by atoms with Crippen LogP contribution in [0.15, 0.2) is 12.4 Å². The Morgan fingerprint density at radius 2 is 1.94 bits per heavy atom. The summed E-state index contributed by atoms with van der Waals surface area (Å²) in [5, 5.41) is 0. The highest BCUT2D eigenvalue weighted by Gasteiger charge is 2.23. The average Bonchev–Trinajstić information content (AvgIpc) is 2.77. The van der Waals surface area contributed by atoms with Gasteiger partial charge in [-0.3, -0.25) is 14.5 Å². The van der Waals surface area contributed by atoms with E-state index in [9.17, 15) is 9.59 Å². The Kier molecular flexibility index (Phi) is 3.90. The first-order chi connectivity index (χ1) is 8.27. The van der Waals surface area contributed by atoms with Gasteiger partial charge in [-0.1, -0.05) is 0 Å². The van der Waals surface area contributed by atoms with E-state index in [1.54, 1.807) is 12.4 Å². The lowest BCUT2D eigenvalue weighted by Gasteiger charge is -2.18. The minimum atomic E-state index is -0.0213. The van der Waals surface area contributed by atoms with Gasteiger partial charge in [0.2, 0.25) is 11.8 Å². The minimum Gasteiger partial charge on any atom is -0.349 e. The Morgan fingerprint density at radius 3 is 2.53 bits per heavy atom. The molecule has 2 rings (SSSR count). The molecule has 0 unspecified atom stereocenters. The molecular weight excluding hydrogens is 218 g/mol. The molecule has 1 aromatic rings. The zero-order chi connectivity index (χ0) is 12.1. The maximum Gasteiger partial charge on any atom is 0.229 e. The molecule has 1 aromatic heterocycles. The molecule has 1 N–H and O–H groups in total. The van der Waals surface area contributed by atoms with Gasteiger partial charge in [-0.25, -0.2) is 4.98 Å². The first kappa shape index (κ1) is 11.8. The van der Waals surface area contributed by atoms with Crippen LogP contribution in [0.1, 0.15) is 37.9 Å². The number of likely N-dealkylation sites (tertiary alicyclic amines) is 1. The second kappa shape index (κ2) is 5.61. The van der Waals surface area contributed by atoms with E-state index in [0.717, 1.165) is 31.5 Å². The number of imidazole rings is 1. The number of imide groups is 1. The second-order valence-electron chi connectivity index (χ2n) is 4.29. The van der Waals surface area contributed by atoms with Gasteiger partial charge < -0.3 is 4.98 Å². The van der Waals surface area contributed by atoms with E-state index in [-0.39, 0.29) is 11.8 Å². The van der Waals surface area contributed by atoms with Gasteiger partial charge in [0.05, 0.1) is 0 Å². The third kappa shape index (κ3) is 3.15. The van der Waals surface area contributed by atoms with Crippen molar-refractivity contribution in [2.75, 3.05) is 6.54 Å². The van der Waals surface area contributed by atoms with Crippen molar-refractivity contribution in [3.8, 4) is 0 Å². The predicted octanol–water partition coefficient (Wildman–Crippen LogP) is 1.27. The van der Waals surface area contributed by atoms with E-state index >= 15 is 0 Å². The van der Waals surface area contributed by atoms with Crippen LogP contribution in [-0.4, -0.2) is 33.2 Å². The Balaban J connectivity index is 1.83. The van der Waals surface area contributed by atoms with E-state index < -0.39 is 0 Å². The summed E-state index contributed by atoms with van der Waals surface area (Å²) in [5.41, 5.74) is 0. The molecular formula is C12H17N3O2. The van der Waals surface area contributed by atoms with Crippen LogP contribution >= 0.6 is 0 Å². The Hall–Kier alpha value is -1.65. The van der Waals surface area contributed by atoms with E-state index in [2.05, 4.69) is 9.97 Å². The Bertz CT molecular complexity index is 368. The largest absolute Gasteiger partial charge is 0.349 e. The monoisotopic (exact) mass is 235 g/mol. The van der Waals surface area contributed by atoms with Crippen LogP contribution in [0, 0.1) is 0 Å². The molecule has 1 aliphatic heterocycles. The number of hydrogen-bond donors (Lipinski definition) is 1. The highest BCUT2D eigenvalue weighted by Crippen LogP contribution is 2.13. The molecule has 0 aromatic carbocycles. The molecule has 0 atom stereocenters. The molecule has 0 spiro atoms. The summed E-state index contributed by atoms with van der Waals surface area (Å²) in [5.74, 6) is 0.860. The fraction of sp³-hybridized carbons (Fsp3) is 0.583. The van der Waals surface area contributed by atoms with Crippen molar-refractivity contribution < 1.29 is 9.59 Å². The van der Waals surface area contributed by atoms with Crippen LogP contribution in [0.4, 0.5) is 0 Å². The topological polar surface area (TPSA) is 66.1 Å². The number of nitrogens with zero attached hydrogens (tertiary/aromatic N) is 2. The third-order valence-corrected chi connectivity index (χ3v) is 2.98. The number of carbonyl (C=O) groups excluding carboxylic acids is 2. The summed E-state index contributed by atoms with van der Waals surface area (Å²) in [4.78, 5) is 31.9. The standard InChI is InChI=1S/C12H17N3O2/c16-11-5-1-2-6-12(17)15(11)9-3-4-10-13-7-8-14-10/h7-8H,1-6,9H2,(H,13,14). The van der Waals surface area contributed by atoms with Gasteiger partial charge >= 0.3 is 0 Å². The van der Waals surface area contributed by atoms with Crippen LogP contribution in [0.3, 0.4) is 0 Å². The molecule has 5 heteroatoms. The minimum absolute atomic E-state index is 0.0213. The van der Waals surface area contributed by atoms with Crippen LogP contribution in [0.25, 0.3) is 0 Å². The molecule has 0 radical (unpaired) electrons. The van der Waals surface area contributed by atoms with Gasteiger partial charge in [0.1, 0.15) is 5.82 Å². The van der Waals surface area contributed by atoms with Crippen molar-refractivity contribution in [3.63, 3.8) is 0 Å². The molecule has 2 heterocycles. The van der Waals surface area contributed by atoms with Crippen molar-refractivity contribution in [2.45, 2.75) is 38.5 Å². The zero-order valence-electron chi connectivity index (χ0n) is 9.82. The summed E-state index contributed by atoms with van der Waals surface area (Å²) in [6.45, 7) is 0.512. The summed E-state index contributed by atoms with van der Waals surface area (Å²) < 4.78 is 0.